The van der Waals surface area contributed by atoms with Crippen LogP contribution in [0.25, 0.3) is 22.3 Å². The molecule has 0 spiro atoms. The van der Waals surface area contributed by atoms with Crippen molar-refractivity contribution < 1.29 is 13.9 Å². The molecular formula is C30H34FN5O2. The van der Waals surface area contributed by atoms with Gasteiger partial charge < -0.3 is 20.7 Å². The number of amides is 1. The minimum atomic E-state index is -0.577. The van der Waals surface area contributed by atoms with E-state index in [0.717, 1.165) is 55.8 Å². The Morgan fingerprint density at radius 3 is 2.50 bits per heavy atom. The van der Waals surface area contributed by atoms with E-state index >= 15 is 4.39 Å². The Morgan fingerprint density at radius 1 is 0.921 bits per heavy atom. The fraction of sp³-hybridized carbons (Fsp3) is 0.400. The highest BCUT2D eigenvalue weighted by atomic mass is 19.1. The first kappa shape index (κ1) is 24.8. The number of anilines is 2. The molecule has 38 heavy (non-hydrogen) atoms. The lowest BCUT2D eigenvalue weighted by molar-refractivity contribution is 0.0946. The molecule has 0 unspecified atom stereocenters. The van der Waals surface area contributed by atoms with E-state index in [2.05, 4.69) is 32.2 Å². The molecule has 3 aliphatic rings. The smallest absolute Gasteiger partial charge is 0.251 e. The lowest BCUT2D eigenvalue weighted by Gasteiger charge is -2.33. The number of aromatic nitrogens is 1. The molecule has 1 amide bonds. The molecule has 6 rings (SSSR count). The van der Waals surface area contributed by atoms with Crippen LogP contribution in [0.3, 0.4) is 0 Å². The van der Waals surface area contributed by atoms with Gasteiger partial charge in [-0.15, -0.1) is 0 Å². The molecule has 198 valence electrons. The number of carbonyl (C=O) groups excluding carboxylic acids is 1. The summed E-state index contributed by atoms with van der Waals surface area (Å²) in [4.78, 5) is 21.2. The van der Waals surface area contributed by atoms with Crippen LogP contribution in [0.4, 0.5) is 15.9 Å². The van der Waals surface area contributed by atoms with Crippen molar-refractivity contribution in [3.05, 3.63) is 65.1 Å². The lowest BCUT2D eigenvalue weighted by atomic mass is 9.93. The zero-order valence-electron chi connectivity index (χ0n) is 21.6. The van der Waals surface area contributed by atoms with Crippen molar-refractivity contribution in [2.24, 2.45) is 0 Å². The second kappa shape index (κ2) is 10.7. The van der Waals surface area contributed by atoms with Crippen LogP contribution in [0.15, 0.2) is 42.5 Å². The Hall–Kier alpha value is -3.49. The van der Waals surface area contributed by atoms with Gasteiger partial charge in [-0.2, -0.15) is 4.39 Å². The molecule has 3 aliphatic heterocycles. The number of morpholine rings is 1. The van der Waals surface area contributed by atoms with Crippen molar-refractivity contribution in [2.45, 2.75) is 32.2 Å². The Balaban J connectivity index is 1.39. The summed E-state index contributed by atoms with van der Waals surface area (Å²) in [5.41, 5.74) is 13.0. The summed E-state index contributed by atoms with van der Waals surface area (Å²) in [7, 11) is 0. The third-order valence-corrected chi connectivity index (χ3v) is 7.93. The molecule has 0 bridgehead atoms. The van der Waals surface area contributed by atoms with Crippen molar-refractivity contribution in [1.29, 1.82) is 0 Å². The number of benzene rings is 2. The molecule has 3 aromatic rings. The Bertz CT molecular complexity index is 1350. The van der Waals surface area contributed by atoms with Gasteiger partial charge in [0.25, 0.3) is 5.91 Å². The third-order valence-electron chi connectivity index (χ3n) is 7.93. The molecule has 0 atom stereocenters. The van der Waals surface area contributed by atoms with E-state index < -0.39 is 5.95 Å². The normalized spacial score (nSPS) is 18.2. The first-order chi connectivity index (χ1) is 18.6. The molecule has 2 saturated heterocycles. The average molecular weight is 516 g/mol. The van der Waals surface area contributed by atoms with Gasteiger partial charge in [0, 0.05) is 48.6 Å². The van der Waals surface area contributed by atoms with E-state index in [9.17, 15) is 4.79 Å². The van der Waals surface area contributed by atoms with Gasteiger partial charge >= 0.3 is 0 Å². The molecule has 8 heteroatoms. The number of halogens is 1. The quantitative estimate of drug-likeness (QED) is 0.495. The Labute approximate surface area is 222 Å². The average Bonchev–Trinajstić information content (AvgIpc) is 2.94. The van der Waals surface area contributed by atoms with Crippen LogP contribution < -0.4 is 16.0 Å². The molecule has 3 N–H and O–H groups in total. The number of fused-ring (bicyclic) bond motifs is 1. The number of nitrogens with zero attached hydrogens (tertiary/aromatic N) is 3. The number of likely N-dealkylation sites (tertiary alicyclic amines) is 1. The standard InChI is InChI=1S/C30H34FN5O2/c31-28-25(18-26(29(32)34-28)21-4-6-24-22(16-21)8-9-33-30(24)37)20-5-7-27(36-12-14-38-15-13-36)23(17-20)19-35-10-2-1-3-11-35/h4-7,16-18H,1-3,8-15,19H2,(H2,32,34)(H,33,37). The van der Waals surface area contributed by atoms with Gasteiger partial charge in [-0.1, -0.05) is 24.6 Å². The van der Waals surface area contributed by atoms with Crippen LogP contribution in [0.1, 0.15) is 40.7 Å². The predicted molar refractivity (Wildman–Crippen MR) is 148 cm³/mol. The van der Waals surface area contributed by atoms with E-state index in [1.807, 2.05) is 24.3 Å². The highest BCUT2D eigenvalue weighted by Crippen LogP contribution is 2.35. The maximum absolute atomic E-state index is 15.3. The van der Waals surface area contributed by atoms with Crippen molar-refractivity contribution in [2.75, 3.05) is 56.6 Å². The zero-order valence-corrected chi connectivity index (χ0v) is 21.6. The minimum Gasteiger partial charge on any atom is -0.383 e. The zero-order chi connectivity index (χ0) is 26.1. The molecular weight excluding hydrogens is 481 g/mol. The number of hydrogen-bond donors (Lipinski definition) is 2. The lowest BCUT2D eigenvalue weighted by Crippen LogP contribution is -2.37. The van der Waals surface area contributed by atoms with E-state index in [1.165, 1.54) is 30.5 Å². The number of nitrogens with one attached hydrogen (secondary N) is 1. The monoisotopic (exact) mass is 515 g/mol. The number of nitrogen functional groups attached to an aromatic ring is 1. The number of pyridine rings is 1. The molecule has 0 aliphatic carbocycles. The molecule has 0 saturated carbocycles. The van der Waals surface area contributed by atoms with Crippen LogP contribution in [0, 0.1) is 5.95 Å². The van der Waals surface area contributed by atoms with Crippen LogP contribution in [0.5, 0.6) is 0 Å². The van der Waals surface area contributed by atoms with E-state index in [0.29, 0.717) is 36.4 Å². The predicted octanol–water partition coefficient (Wildman–Crippen LogP) is 4.25. The molecule has 2 aromatic carbocycles. The second-order valence-electron chi connectivity index (χ2n) is 10.4. The summed E-state index contributed by atoms with van der Waals surface area (Å²) in [5, 5.41) is 2.87. The summed E-state index contributed by atoms with van der Waals surface area (Å²) in [5.74, 6) is -0.498. The van der Waals surface area contributed by atoms with Crippen molar-refractivity contribution in [3.8, 4) is 22.3 Å². The van der Waals surface area contributed by atoms with Crippen molar-refractivity contribution in [1.82, 2.24) is 15.2 Å². The second-order valence-corrected chi connectivity index (χ2v) is 10.4. The third kappa shape index (κ3) is 4.98. The van der Waals surface area contributed by atoms with Gasteiger partial charge in [0.1, 0.15) is 5.82 Å². The first-order valence-corrected chi connectivity index (χ1v) is 13.6. The number of hydrogen-bond acceptors (Lipinski definition) is 6. The summed E-state index contributed by atoms with van der Waals surface area (Å²) in [6.07, 6.45) is 4.47. The van der Waals surface area contributed by atoms with Crippen molar-refractivity contribution >= 4 is 17.4 Å². The molecule has 2 fully saturated rings. The van der Waals surface area contributed by atoms with Gasteiger partial charge in [0.2, 0.25) is 5.95 Å². The topological polar surface area (TPSA) is 83.7 Å². The van der Waals surface area contributed by atoms with Crippen LogP contribution in [0.2, 0.25) is 0 Å². The Kier molecular flexibility index (Phi) is 7.00. The highest BCUT2D eigenvalue weighted by Gasteiger charge is 2.22. The van der Waals surface area contributed by atoms with Crippen LogP contribution in [-0.2, 0) is 17.7 Å². The molecule has 1 aromatic heterocycles. The molecule has 0 radical (unpaired) electrons. The SMILES string of the molecule is Nc1nc(F)c(-c2ccc(N3CCOCC3)c(CN3CCCCC3)c2)cc1-c1ccc2c(c1)CCNC2=O. The van der Waals surface area contributed by atoms with E-state index in [4.69, 9.17) is 10.5 Å². The van der Waals surface area contributed by atoms with Gasteiger partial charge in [-0.05, 0) is 78.9 Å². The fourth-order valence-electron chi connectivity index (χ4n) is 5.88. The first-order valence-electron chi connectivity index (χ1n) is 13.6. The van der Waals surface area contributed by atoms with E-state index in [-0.39, 0.29) is 11.7 Å². The summed E-state index contributed by atoms with van der Waals surface area (Å²) < 4.78 is 20.9. The molecule has 7 nitrogen and oxygen atoms in total. The number of rotatable bonds is 5. The maximum atomic E-state index is 15.3. The van der Waals surface area contributed by atoms with E-state index in [1.54, 1.807) is 6.07 Å². The van der Waals surface area contributed by atoms with Crippen LogP contribution in [-0.4, -0.2) is 61.7 Å². The van der Waals surface area contributed by atoms with Crippen molar-refractivity contribution in [3.63, 3.8) is 0 Å². The summed E-state index contributed by atoms with van der Waals surface area (Å²) >= 11 is 0. The Morgan fingerprint density at radius 2 is 1.68 bits per heavy atom. The highest BCUT2D eigenvalue weighted by molar-refractivity contribution is 5.97. The van der Waals surface area contributed by atoms with Gasteiger partial charge in [0.15, 0.2) is 0 Å². The summed E-state index contributed by atoms with van der Waals surface area (Å²) in [6.45, 7) is 6.75. The maximum Gasteiger partial charge on any atom is 0.251 e. The summed E-state index contributed by atoms with van der Waals surface area (Å²) in [6, 6.07) is 13.7. The largest absolute Gasteiger partial charge is 0.383 e. The van der Waals surface area contributed by atoms with Gasteiger partial charge in [0.05, 0.1) is 13.2 Å². The van der Waals surface area contributed by atoms with Crippen LogP contribution >= 0.6 is 0 Å². The number of ether oxygens (including phenoxy) is 1. The minimum absolute atomic E-state index is 0.0646. The van der Waals surface area contributed by atoms with Gasteiger partial charge in [-0.25, -0.2) is 4.98 Å². The number of carbonyl (C=O) groups is 1. The number of piperidine rings is 1. The number of nitrogens with two attached hydrogens (primary N) is 1. The van der Waals surface area contributed by atoms with Gasteiger partial charge in [-0.3, -0.25) is 9.69 Å². The molecule has 4 heterocycles. The fourth-order valence-corrected chi connectivity index (χ4v) is 5.88.